The number of hydrogen-bond acceptors (Lipinski definition) is 4. The van der Waals surface area contributed by atoms with Crippen molar-refractivity contribution in [2.24, 2.45) is 0 Å². The van der Waals surface area contributed by atoms with Crippen LogP contribution in [0.5, 0.6) is 5.75 Å². The monoisotopic (exact) mass is 449 g/mol. The molecule has 1 aliphatic rings. The number of nitrogens with zero attached hydrogens (tertiary/aromatic N) is 1. The number of fused-ring (bicyclic) bond motifs is 1. The standard InChI is InChI=1S/C23H26F3N3O3/c1-2-13-29-14-3-4-17-15-16(5-10-20(17)29)11-12-27-21(30)22(31)28-18-6-8-19(9-7-18)32-23(24,25)26/h5-10,15H,2-4,11-14H2,1H3,(H,27,30)(H,28,31). The number of hydrogen-bond donors (Lipinski definition) is 2. The van der Waals surface area contributed by atoms with Gasteiger partial charge in [0.15, 0.2) is 0 Å². The van der Waals surface area contributed by atoms with E-state index >= 15 is 0 Å². The normalized spacial score (nSPS) is 13.3. The molecule has 0 spiro atoms. The lowest BCUT2D eigenvalue weighted by atomic mass is 9.98. The number of ether oxygens (including phenoxy) is 1. The minimum atomic E-state index is -4.79. The summed E-state index contributed by atoms with van der Waals surface area (Å²) in [5.74, 6) is -2.12. The molecule has 0 fully saturated rings. The van der Waals surface area contributed by atoms with Crippen molar-refractivity contribution in [1.82, 2.24) is 5.32 Å². The van der Waals surface area contributed by atoms with E-state index in [1.807, 2.05) is 6.07 Å². The summed E-state index contributed by atoms with van der Waals surface area (Å²) < 4.78 is 40.3. The zero-order chi connectivity index (χ0) is 23.1. The van der Waals surface area contributed by atoms with Gasteiger partial charge in [-0.2, -0.15) is 0 Å². The first-order valence-corrected chi connectivity index (χ1v) is 10.6. The minimum absolute atomic E-state index is 0.186. The molecule has 32 heavy (non-hydrogen) atoms. The Kier molecular flexibility index (Phi) is 7.61. The summed E-state index contributed by atoms with van der Waals surface area (Å²) in [4.78, 5) is 26.5. The van der Waals surface area contributed by atoms with Crippen LogP contribution in [0.3, 0.4) is 0 Å². The first-order valence-electron chi connectivity index (χ1n) is 10.6. The van der Waals surface area contributed by atoms with E-state index in [0.717, 1.165) is 50.0 Å². The molecule has 1 aliphatic heterocycles. The molecular formula is C23H26F3N3O3. The van der Waals surface area contributed by atoms with Gasteiger partial charge in [-0.3, -0.25) is 9.59 Å². The maximum Gasteiger partial charge on any atom is 0.573 e. The molecule has 2 aromatic carbocycles. The van der Waals surface area contributed by atoms with E-state index in [2.05, 4.69) is 39.3 Å². The number of carbonyl (C=O) groups excluding carboxylic acids is 2. The average Bonchev–Trinajstić information content (AvgIpc) is 2.74. The Morgan fingerprint density at radius 3 is 2.53 bits per heavy atom. The Morgan fingerprint density at radius 2 is 1.84 bits per heavy atom. The highest BCUT2D eigenvalue weighted by molar-refractivity contribution is 6.39. The van der Waals surface area contributed by atoms with Crippen molar-refractivity contribution in [1.29, 1.82) is 0 Å². The molecule has 0 atom stereocenters. The van der Waals surface area contributed by atoms with Gasteiger partial charge in [-0.1, -0.05) is 19.1 Å². The third kappa shape index (κ3) is 6.63. The second-order valence-corrected chi connectivity index (χ2v) is 7.59. The van der Waals surface area contributed by atoms with Gasteiger partial charge in [0.05, 0.1) is 0 Å². The molecule has 6 nitrogen and oxygen atoms in total. The highest BCUT2D eigenvalue weighted by Crippen LogP contribution is 2.28. The number of halogens is 3. The summed E-state index contributed by atoms with van der Waals surface area (Å²) in [5.41, 5.74) is 3.86. The highest BCUT2D eigenvalue weighted by Gasteiger charge is 2.31. The molecular weight excluding hydrogens is 423 g/mol. The zero-order valence-electron chi connectivity index (χ0n) is 17.8. The number of anilines is 2. The fourth-order valence-electron chi connectivity index (χ4n) is 3.71. The second kappa shape index (κ2) is 10.4. The number of carbonyl (C=O) groups is 2. The molecule has 0 bridgehead atoms. The van der Waals surface area contributed by atoms with Crippen molar-refractivity contribution in [3.05, 3.63) is 53.6 Å². The second-order valence-electron chi connectivity index (χ2n) is 7.59. The quantitative estimate of drug-likeness (QED) is 0.626. The smallest absolute Gasteiger partial charge is 0.406 e. The van der Waals surface area contributed by atoms with Crippen LogP contribution in [0.2, 0.25) is 0 Å². The maximum atomic E-state index is 12.2. The van der Waals surface area contributed by atoms with E-state index in [9.17, 15) is 22.8 Å². The van der Waals surface area contributed by atoms with Crippen LogP contribution < -0.4 is 20.3 Å². The van der Waals surface area contributed by atoms with Crippen LogP contribution in [0.15, 0.2) is 42.5 Å². The van der Waals surface area contributed by atoms with Crippen molar-refractivity contribution >= 4 is 23.2 Å². The predicted molar refractivity (Wildman–Crippen MR) is 116 cm³/mol. The van der Waals surface area contributed by atoms with Gasteiger partial charge in [-0.15, -0.1) is 13.2 Å². The Balaban J connectivity index is 1.47. The molecule has 3 rings (SSSR count). The van der Waals surface area contributed by atoms with E-state index < -0.39 is 23.9 Å². The fraction of sp³-hybridized carbons (Fsp3) is 0.391. The number of benzene rings is 2. The summed E-state index contributed by atoms with van der Waals surface area (Å²) in [6.07, 6.45) is -0.955. The van der Waals surface area contributed by atoms with Gasteiger partial charge in [0.25, 0.3) is 0 Å². The Morgan fingerprint density at radius 1 is 1.09 bits per heavy atom. The number of alkyl halides is 3. The Labute approximate surface area is 184 Å². The van der Waals surface area contributed by atoms with Crippen molar-refractivity contribution in [3.63, 3.8) is 0 Å². The summed E-state index contributed by atoms with van der Waals surface area (Å²) >= 11 is 0. The van der Waals surface area contributed by atoms with Crippen molar-refractivity contribution in [3.8, 4) is 5.75 Å². The van der Waals surface area contributed by atoms with E-state index in [-0.39, 0.29) is 5.69 Å². The SMILES string of the molecule is CCCN1CCCc2cc(CCNC(=O)C(=O)Nc3ccc(OC(F)(F)F)cc3)ccc21. The highest BCUT2D eigenvalue weighted by atomic mass is 19.4. The maximum absolute atomic E-state index is 12.2. The lowest BCUT2D eigenvalue weighted by Crippen LogP contribution is -2.36. The van der Waals surface area contributed by atoms with Crippen LogP contribution >= 0.6 is 0 Å². The predicted octanol–water partition coefficient (Wildman–Crippen LogP) is 4.05. The molecule has 172 valence electrons. The topological polar surface area (TPSA) is 70.7 Å². The molecule has 0 unspecified atom stereocenters. The van der Waals surface area contributed by atoms with E-state index in [0.29, 0.717) is 13.0 Å². The molecule has 1 heterocycles. The number of nitrogens with one attached hydrogen (secondary N) is 2. The number of aryl methyl sites for hydroxylation is 1. The van der Waals surface area contributed by atoms with E-state index in [4.69, 9.17) is 0 Å². The van der Waals surface area contributed by atoms with Gasteiger partial charge < -0.3 is 20.3 Å². The third-order valence-corrected chi connectivity index (χ3v) is 5.10. The third-order valence-electron chi connectivity index (χ3n) is 5.10. The molecule has 0 aliphatic carbocycles. The van der Waals surface area contributed by atoms with Gasteiger partial charge in [0.2, 0.25) is 0 Å². The number of rotatable bonds is 7. The van der Waals surface area contributed by atoms with E-state index in [1.165, 1.54) is 23.4 Å². The summed E-state index contributed by atoms with van der Waals surface area (Å²) in [6, 6.07) is 10.9. The Hall–Kier alpha value is -3.23. The lowest BCUT2D eigenvalue weighted by Gasteiger charge is -2.31. The van der Waals surface area contributed by atoms with Gasteiger partial charge >= 0.3 is 18.2 Å². The van der Waals surface area contributed by atoms with Crippen molar-refractivity contribution < 1.29 is 27.5 Å². The first kappa shape index (κ1) is 23.4. The zero-order valence-corrected chi connectivity index (χ0v) is 17.8. The summed E-state index contributed by atoms with van der Waals surface area (Å²) in [5, 5.41) is 4.91. The van der Waals surface area contributed by atoms with Crippen LogP contribution in [0.25, 0.3) is 0 Å². The van der Waals surface area contributed by atoms with E-state index in [1.54, 1.807) is 0 Å². The fourth-order valence-corrected chi connectivity index (χ4v) is 3.71. The molecule has 0 aromatic heterocycles. The van der Waals surface area contributed by atoms with Gasteiger partial charge in [0.1, 0.15) is 5.75 Å². The molecule has 9 heteroatoms. The molecule has 0 saturated carbocycles. The Bertz CT molecular complexity index is 946. The van der Waals surface area contributed by atoms with Crippen LogP contribution in [-0.4, -0.2) is 37.8 Å². The lowest BCUT2D eigenvalue weighted by molar-refractivity contribution is -0.274. The first-order chi connectivity index (χ1) is 15.2. The molecule has 2 amide bonds. The van der Waals surface area contributed by atoms with Crippen LogP contribution in [-0.2, 0) is 22.4 Å². The van der Waals surface area contributed by atoms with Gasteiger partial charge in [0, 0.05) is 31.0 Å². The van der Waals surface area contributed by atoms with Crippen LogP contribution in [0, 0.1) is 0 Å². The van der Waals surface area contributed by atoms with Gasteiger partial charge in [-0.05, 0) is 67.1 Å². The van der Waals surface area contributed by atoms with Crippen molar-refractivity contribution in [2.75, 3.05) is 29.9 Å². The van der Waals surface area contributed by atoms with Crippen LogP contribution in [0.4, 0.5) is 24.5 Å². The van der Waals surface area contributed by atoms with Gasteiger partial charge in [-0.25, -0.2) is 0 Å². The molecule has 2 N–H and O–H groups in total. The largest absolute Gasteiger partial charge is 0.573 e. The molecule has 0 saturated heterocycles. The van der Waals surface area contributed by atoms with Crippen molar-refractivity contribution in [2.45, 2.75) is 39.0 Å². The minimum Gasteiger partial charge on any atom is -0.406 e. The molecule has 2 aromatic rings. The van der Waals surface area contributed by atoms with Crippen LogP contribution in [0.1, 0.15) is 30.9 Å². The summed E-state index contributed by atoms with van der Waals surface area (Å²) in [7, 11) is 0. The summed E-state index contributed by atoms with van der Waals surface area (Å²) in [6.45, 7) is 4.57. The average molecular weight is 449 g/mol. The number of amides is 2. The molecule has 0 radical (unpaired) electrons.